The third kappa shape index (κ3) is 4.58. The van der Waals surface area contributed by atoms with Crippen molar-refractivity contribution >= 4 is 18.3 Å². The maximum absolute atomic E-state index is 12.0. The van der Waals surface area contributed by atoms with Crippen LogP contribution < -0.4 is 11.1 Å². The minimum absolute atomic E-state index is 0. The van der Waals surface area contributed by atoms with Crippen LogP contribution in [0.15, 0.2) is 42.7 Å². The molecule has 22 heavy (non-hydrogen) atoms. The molecular weight excluding hydrogens is 300 g/mol. The number of carbonyl (C=O) groups is 1. The summed E-state index contributed by atoms with van der Waals surface area (Å²) in [7, 11) is 0. The molecule has 1 heterocycles. The average Bonchev–Trinajstić information content (AvgIpc) is 2.93. The molecule has 1 amide bonds. The van der Waals surface area contributed by atoms with Gasteiger partial charge in [0.2, 0.25) is 5.91 Å². The lowest BCUT2D eigenvalue weighted by Crippen LogP contribution is -2.48. The zero-order valence-corrected chi connectivity index (χ0v) is 13.9. The highest BCUT2D eigenvalue weighted by molar-refractivity contribution is 5.85. The molecule has 0 aliphatic carbocycles. The van der Waals surface area contributed by atoms with Crippen LogP contribution >= 0.6 is 12.4 Å². The molecule has 2 rings (SSSR count). The SMILES string of the molecule is CC(C)(C)[C@H](N)C(=O)NCc1cnn(-c2ccccc2)c1.Cl. The highest BCUT2D eigenvalue weighted by atomic mass is 35.5. The van der Waals surface area contributed by atoms with Crippen LogP contribution in [0.1, 0.15) is 26.3 Å². The minimum Gasteiger partial charge on any atom is -0.351 e. The van der Waals surface area contributed by atoms with Gasteiger partial charge in [-0.3, -0.25) is 4.79 Å². The lowest BCUT2D eigenvalue weighted by atomic mass is 9.87. The Kier molecular flexibility index (Phi) is 6.14. The molecular formula is C16H23ClN4O. The largest absolute Gasteiger partial charge is 0.351 e. The van der Waals surface area contributed by atoms with Crippen LogP contribution in [-0.4, -0.2) is 21.7 Å². The van der Waals surface area contributed by atoms with Crippen molar-refractivity contribution < 1.29 is 4.79 Å². The Labute approximate surface area is 137 Å². The van der Waals surface area contributed by atoms with Gasteiger partial charge in [-0.05, 0) is 17.5 Å². The third-order valence-corrected chi connectivity index (χ3v) is 3.34. The molecule has 6 heteroatoms. The Morgan fingerprint density at radius 1 is 1.32 bits per heavy atom. The molecule has 2 aromatic rings. The fraction of sp³-hybridized carbons (Fsp3) is 0.375. The van der Waals surface area contributed by atoms with Crippen molar-refractivity contribution in [1.29, 1.82) is 0 Å². The Morgan fingerprint density at radius 3 is 2.55 bits per heavy atom. The molecule has 0 saturated heterocycles. The fourth-order valence-electron chi connectivity index (χ4n) is 1.87. The summed E-state index contributed by atoms with van der Waals surface area (Å²) in [4.78, 5) is 12.0. The van der Waals surface area contributed by atoms with Crippen molar-refractivity contribution in [3.8, 4) is 5.69 Å². The molecule has 1 aromatic heterocycles. The van der Waals surface area contributed by atoms with Crippen molar-refractivity contribution in [1.82, 2.24) is 15.1 Å². The maximum Gasteiger partial charge on any atom is 0.237 e. The van der Waals surface area contributed by atoms with Gasteiger partial charge in [-0.15, -0.1) is 12.4 Å². The molecule has 1 aromatic carbocycles. The Morgan fingerprint density at radius 2 is 1.95 bits per heavy atom. The van der Waals surface area contributed by atoms with Crippen LogP contribution in [0.3, 0.4) is 0 Å². The number of hydrogen-bond donors (Lipinski definition) is 2. The predicted molar refractivity (Wildman–Crippen MR) is 90.1 cm³/mol. The first-order valence-corrected chi connectivity index (χ1v) is 7.00. The van der Waals surface area contributed by atoms with E-state index >= 15 is 0 Å². The normalized spacial score (nSPS) is 12.4. The van der Waals surface area contributed by atoms with Crippen molar-refractivity contribution in [3.63, 3.8) is 0 Å². The molecule has 5 nitrogen and oxygen atoms in total. The first-order chi connectivity index (χ1) is 9.88. The number of nitrogens with two attached hydrogens (primary N) is 1. The van der Waals surface area contributed by atoms with Gasteiger partial charge in [-0.25, -0.2) is 4.68 Å². The first kappa shape index (κ1) is 18.2. The van der Waals surface area contributed by atoms with E-state index in [0.29, 0.717) is 6.54 Å². The number of nitrogens with zero attached hydrogens (tertiary/aromatic N) is 2. The number of aromatic nitrogens is 2. The lowest BCUT2D eigenvalue weighted by molar-refractivity contribution is -0.124. The van der Waals surface area contributed by atoms with Crippen LogP contribution in [0.25, 0.3) is 5.69 Å². The van der Waals surface area contributed by atoms with Gasteiger partial charge in [0.05, 0.1) is 17.9 Å². The lowest BCUT2D eigenvalue weighted by Gasteiger charge is -2.25. The average molecular weight is 323 g/mol. The van der Waals surface area contributed by atoms with Gasteiger partial charge in [0.1, 0.15) is 0 Å². The summed E-state index contributed by atoms with van der Waals surface area (Å²) in [5, 5.41) is 7.14. The summed E-state index contributed by atoms with van der Waals surface area (Å²) < 4.78 is 1.78. The molecule has 0 spiro atoms. The van der Waals surface area contributed by atoms with Crippen molar-refractivity contribution in [2.24, 2.45) is 11.1 Å². The highest BCUT2D eigenvalue weighted by Crippen LogP contribution is 2.17. The number of benzene rings is 1. The van der Waals surface area contributed by atoms with Crippen LogP contribution in [0.5, 0.6) is 0 Å². The molecule has 0 aliphatic heterocycles. The number of nitrogens with one attached hydrogen (secondary N) is 1. The van der Waals surface area contributed by atoms with E-state index in [1.807, 2.05) is 57.3 Å². The van der Waals surface area contributed by atoms with Gasteiger partial charge in [-0.1, -0.05) is 39.0 Å². The Hall–Kier alpha value is -1.85. The van der Waals surface area contributed by atoms with Gasteiger partial charge in [0.25, 0.3) is 0 Å². The molecule has 0 saturated carbocycles. The molecule has 0 aliphatic rings. The van der Waals surface area contributed by atoms with E-state index in [2.05, 4.69) is 10.4 Å². The predicted octanol–water partition coefficient (Wildman–Crippen LogP) is 2.28. The maximum atomic E-state index is 12.0. The fourth-order valence-corrected chi connectivity index (χ4v) is 1.87. The molecule has 0 fully saturated rings. The minimum atomic E-state index is -0.526. The number of carbonyl (C=O) groups excluding carboxylic acids is 1. The smallest absolute Gasteiger partial charge is 0.237 e. The van der Waals surface area contributed by atoms with Crippen LogP contribution in [0, 0.1) is 5.41 Å². The molecule has 120 valence electrons. The second kappa shape index (κ2) is 7.42. The third-order valence-electron chi connectivity index (χ3n) is 3.34. The summed E-state index contributed by atoms with van der Waals surface area (Å²) in [6, 6.07) is 9.31. The van der Waals surface area contributed by atoms with Gasteiger partial charge < -0.3 is 11.1 Å². The summed E-state index contributed by atoms with van der Waals surface area (Å²) in [5.41, 5.74) is 7.60. The van der Waals surface area contributed by atoms with Gasteiger partial charge >= 0.3 is 0 Å². The summed E-state index contributed by atoms with van der Waals surface area (Å²) in [6.07, 6.45) is 3.65. The van der Waals surface area contributed by atoms with Gasteiger partial charge in [-0.2, -0.15) is 5.10 Å². The summed E-state index contributed by atoms with van der Waals surface area (Å²) in [6.45, 7) is 6.27. The number of para-hydroxylation sites is 1. The monoisotopic (exact) mass is 322 g/mol. The van der Waals surface area contributed by atoms with E-state index < -0.39 is 6.04 Å². The van der Waals surface area contributed by atoms with E-state index in [1.54, 1.807) is 10.9 Å². The number of halogens is 1. The van der Waals surface area contributed by atoms with E-state index in [9.17, 15) is 4.79 Å². The molecule has 3 N–H and O–H groups in total. The zero-order chi connectivity index (χ0) is 15.5. The number of hydrogen-bond acceptors (Lipinski definition) is 3. The molecule has 1 atom stereocenters. The Bertz CT molecular complexity index is 604. The van der Waals surface area contributed by atoms with E-state index in [1.165, 1.54) is 0 Å². The topological polar surface area (TPSA) is 72.9 Å². The van der Waals surface area contributed by atoms with Crippen LogP contribution in [0.4, 0.5) is 0 Å². The van der Waals surface area contributed by atoms with Crippen LogP contribution in [-0.2, 0) is 11.3 Å². The van der Waals surface area contributed by atoms with Gasteiger partial charge in [0, 0.05) is 18.3 Å². The Balaban J connectivity index is 0.00000242. The number of amides is 1. The zero-order valence-electron chi connectivity index (χ0n) is 13.1. The number of rotatable bonds is 4. The molecule has 0 unspecified atom stereocenters. The van der Waals surface area contributed by atoms with Crippen molar-refractivity contribution in [3.05, 3.63) is 48.3 Å². The second-order valence-electron chi connectivity index (χ2n) is 6.19. The highest BCUT2D eigenvalue weighted by Gasteiger charge is 2.27. The van der Waals surface area contributed by atoms with Crippen molar-refractivity contribution in [2.75, 3.05) is 0 Å². The first-order valence-electron chi connectivity index (χ1n) is 7.00. The van der Waals surface area contributed by atoms with E-state index in [-0.39, 0.29) is 23.7 Å². The van der Waals surface area contributed by atoms with Gasteiger partial charge in [0.15, 0.2) is 0 Å². The summed E-state index contributed by atoms with van der Waals surface area (Å²) >= 11 is 0. The summed E-state index contributed by atoms with van der Waals surface area (Å²) in [5.74, 6) is -0.144. The molecule has 0 bridgehead atoms. The quantitative estimate of drug-likeness (QED) is 0.907. The van der Waals surface area contributed by atoms with E-state index in [0.717, 1.165) is 11.3 Å². The van der Waals surface area contributed by atoms with Crippen molar-refractivity contribution in [2.45, 2.75) is 33.4 Å². The van der Waals surface area contributed by atoms with E-state index in [4.69, 9.17) is 5.73 Å². The molecule has 0 radical (unpaired) electrons. The second-order valence-corrected chi connectivity index (χ2v) is 6.19. The van der Waals surface area contributed by atoms with Crippen LogP contribution in [0.2, 0.25) is 0 Å². The standard InChI is InChI=1S/C16H22N4O.ClH/c1-16(2,3)14(17)15(21)18-9-12-10-19-20(11-12)13-7-5-4-6-8-13;/h4-8,10-11,14H,9,17H2,1-3H3,(H,18,21);1H/t14-;/m1./s1.